The first-order chi connectivity index (χ1) is 6.81. The molecule has 0 aliphatic rings. The zero-order chi connectivity index (χ0) is 11.9. The van der Waals surface area contributed by atoms with E-state index in [9.17, 15) is 13.2 Å². The summed E-state index contributed by atoms with van der Waals surface area (Å²) in [5, 5.41) is 0. The molecule has 0 aromatic carbocycles. The Morgan fingerprint density at radius 2 is 1.93 bits per heavy atom. The zero-order valence-electron chi connectivity index (χ0n) is 9.18. The number of likely N-dealkylation sites (N-methyl/N-ethyl adjacent to an activating group) is 1. The number of rotatable bonds is 7. The summed E-state index contributed by atoms with van der Waals surface area (Å²) in [6.07, 6.45) is -3.40. The van der Waals surface area contributed by atoms with Crippen LogP contribution in [0.5, 0.6) is 0 Å². The molecule has 0 fully saturated rings. The molecule has 1 unspecified atom stereocenters. The second-order valence-electron chi connectivity index (χ2n) is 3.74. The zero-order valence-corrected chi connectivity index (χ0v) is 9.18. The van der Waals surface area contributed by atoms with E-state index in [0.29, 0.717) is 6.54 Å². The van der Waals surface area contributed by atoms with Crippen molar-refractivity contribution in [1.82, 2.24) is 4.90 Å². The molecule has 0 amide bonds. The van der Waals surface area contributed by atoms with E-state index in [0.717, 1.165) is 13.0 Å². The Morgan fingerprint density at radius 3 is 2.40 bits per heavy atom. The maximum absolute atomic E-state index is 11.7. The molecule has 0 rings (SSSR count). The van der Waals surface area contributed by atoms with Crippen LogP contribution in [0.1, 0.15) is 13.3 Å². The Morgan fingerprint density at radius 1 is 1.33 bits per heavy atom. The van der Waals surface area contributed by atoms with Gasteiger partial charge in [0.15, 0.2) is 0 Å². The first-order valence-corrected chi connectivity index (χ1v) is 4.90. The monoisotopic (exact) mass is 228 g/mol. The van der Waals surface area contributed by atoms with Crippen molar-refractivity contribution in [1.29, 1.82) is 0 Å². The predicted molar refractivity (Wildman–Crippen MR) is 52.6 cm³/mol. The Balaban J connectivity index is 3.35. The Kier molecular flexibility index (Phi) is 6.87. The summed E-state index contributed by atoms with van der Waals surface area (Å²) in [6.45, 7) is 2.08. The summed E-state index contributed by atoms with van der Waals surface area (Å²) >= 11 is 0. The molecule has 6 heteroatoms. The minimum absolute atomic E-state index is 0.0922. The van der Waals surface area contributed by atoms with E-state index < -0.39 is 12.8 Å². The molecule has 0 aromatic rings. The van der Waals surface area contributed by atoms with Gasteiger partial charge in [0.1, 0.15) is 6.61 Å². The van der Waals surface area contributed by atoms with Gasteiger partial charge in [0.05, 0.1) is 6.61 Å². The van der Waals surface area contributed by atoms with Gasteiger partial charge in [0, 0.05) is 12.6 Å². The summed E-state index contributed by atoms with van der Waals surface area (Å²) in [5.41, 5.74) is 5.55. The molecule has 0 heterocycles. The van der Waals surface area contributed by atoms with Crippen molar-refractivity contribution in [3.63, 3.8) is 0 Å². The second kappa shape index (κ2) is 7.03. The summed E-state index contributed by atoms with van der Waals surface area (Å²) in [7, 11) is 1.83. The third kappa shape index (κ3) is 11.6. The van der Waals surface area contributed by atoms with E-state index in [-0.39, 0.29) is 12.6 Å². The molecule has 92 valence electrons. The van der Waals surface area contributed by atoms with Crippen LogP contribution >= 0.6 is 0 Å². The average molecular weight is 228 g/mol. The predicted octanol–water partition coefficient (Wildman–Crippen LogP) is 1.23. The fourth-order valence-corrected chi connectivity index (χ4v) is 0.944. The highest BCUT2D eigenvalue weighted by Crippen LogP contribution is 2.14. The molecular formula is C9H19F3N2O. The summed E-state index contributed by atoms with van der Waals surface area (Å²) < 4.78 is 39.5. The molecule has 0 bridgehead atoms. The molecule has 0 radical (unpaired) electrons. The van der Waals surface area contributed by atoms with Gasteiger partial charge in [-0.05, 0) is 26.9 Å². The minimum atomic E-state index is -4.23. The topological polar surface area (TPSA) is 38.5 Å². The number of halogens is 3. The molecular weight excluding hydrogens is 209 g/mol. The first-order valence-electron chi connectivity index (χ1n) is 4.90. The summed E-state index contributed by atoms with van der Waals surface area (Å²) in [4.78, 5) is 1.90. The molecule has 3 nitrogen and oxygen atoms in total. The smallest absolute Gasteiger partial charge is 0.371 e. The van der Waals surface area contributed by atoms with Crippen LogP contribution in [0.2, 0.25) is 0 Å². The van der Waals surface area contributed by atoms with Gasteiger partial charge in [0.2, 0.25) is 0 Å². The normalized spacial score (nSPS) is 14.6. The number of nitrogens with zero attached hydrogens (tertiary/aromatic N) is 1. The van der Waals surface area contributed by atoms with Crippen molar-refractivity contribution in [2.45, 2.75) is 25.6 Å². The first kappa shape index (κ1) is 14.7. The third-order valence-electron chi connectivity index (χ3n) is 1.85. The number of alkyl halides is 3. The van der Waals surface area contributed by atoms with Gasteiger partial charge in [-0.3, -0.25) is 0 Å². The van der Waals surface area contributed by atoms with E-state index in [4.69, 9.17) is 5.73 Å². The Hall–Kier alpha value is -0.330. The van der Waals surface area contributed by atoms with Crippen LogP contribution in [0.15, 0.2) is 0 Å². The highest BCUT2D eigenvalue weighted by Gasteiger charge is 2.27. The summed E-state index contributed by atoms with van der Waals surface area (Å²) in [5.74, 6) is 0. The van der Waals surface area contributed by atoms with Crippen molar-refractivity contribution in [3.05, 3.63) is 0 Å². The molecule has 0 aromatic heterocycles. The largest absolute Gasteiger partial charge is 0.411 e. The van der Waals surface area contributed by atoms with E-state index in [1.54, 1.807) is 0 Å². The molecule has 1 atom stereocenters. The molecule has 0 spiro atoms. The number of ether oxygens (including phenoxy) is 1. The lowest BCUT2D eigenvalue weighted by Crippen LogP contribution is -2.29. The average Bonchev–Trinajstić information content (AvgIpc) is 2.07. The van der Waals surface area contributed by atoms with Crippen molar-refractivity contribution in [2.75, 3.05) is 33.4 Å². The Labute approximate surface area is 88.4 Å². The van der Waals surface area contributed by atoms with E-state index in [1.165, 1.54) is 0 Å². The van der Waals surface area contributed by atoms with Crippen molar-refractivity contribution in [3.8, 4) is 0 Å². The van der Waals surface area contributed by atoms with Gasteiger partial charge in [-0.25, -0.2) is 0 Å². The third-order valence-corrected chi connectivity index (χ3v) is 1.85. The highest BCUT2D eigenvalue weighted by atomic mass is 19.4. The van der Waals surface area contributed by atoms with Crippen LogP contribution in [0.3, 0.4) is 0 Å². The molecule has 0 aliphatic carbocycles. The SMILES string of the molecule is CC(N)CCN(C)CCOCC(F)(F)F. The number of nitrogens with two attached hydrogens (primary N) is 1. The second-order valence-corrected chi connectivity index (χ2v) is 3.74. The fourth-order valence-electron chi connectivity index (χ4n) is 0.944. The number of hydrogen-bond donors (Lipinski definition) is 1. The van der Waals surface area contributed by atoms with E-state index in [2.05, 4.69) is 4.74 Å². The molecule has 0 saturated carbocycles. The molecule has 0 saturated heterocycles. The molecule has 2 N–H and O–H groups in total. The van der Waals surface area contributed by atoms with E-state index >= 15 is 0 Å². The fraction of sp³-hybridized carbons (Fsp3) is 1.00. The van der Waals surface area contributed by atoms with Crippen molar-refractivity contribution < 1.29 is 17.9 Å². The van der Waals surface area contributed by atoms with Gasteiger partial charge in [-0.1, -0.05) is 0 Å². The highest BCUT2D eigenvalue weighted by molar-refractivity contribution is 4.58. The molecule has 15 heavy (non-hydrogen) atoms. The maximum Gasteiger partial charge on any atom is 0.411 e. The van der Waals surface area contributed by atoms with Gasteiger partial charge < -0.3 is 15.4 Å². The standard InChI is InChI=1S/C9H19F3N2O/c1-8(13)3-4-14(2)5-6-15-7-9(10,11)12/h8H,3-7,13H2,1-2H3. The Bertz CT molecular complexity index is 162. The van der Waals surface area contributed by atoms with Crippen molar-refractivity contribution in [2.24, 2.45) is 5.73 Å². The van der Waals surface area contributed by atoms with Crippen molar-refractivity contribution >= 4 is 0 Å². The van der Waals surface area contributed by atoms with Crippen LogP contribution in [0.25, 0.3) is 0 Å². The quantitative estimate of drug-likeness (QED) is 0.666. The summed E-state index contributed by atoms with van der Waals surface area (Å²) in [6, 6.07) is 0.114. The van der Waals surface area contributed by atoms with Gasteiger partial charge in [-0.2, -0.15) is 13.2 Å². The van der Waals surface area contributed by atoms with Crippen LogP contribution in [0.4, 0.5) is 13.2 Å². The van der Waals surface area contributed by atoms with Crippen LogP contribution in [-0.2, 0) is 4.74 Å². The minimum Gasteiger partial charge on any atom is -0.371 e. The van der Waals surface area contributed by atoms with Gasteiger partial charge >= 0.3 is 6.18 Å². The lowest BCUT2D eigenvalue weighted by atomic mass is 10.2. The lowest BCUT2D eigenvalue weighted by molar-refractivity contribution is -0.174. The van der Waals surface area contributed by atoms with E-state index in [1.807, 2.05) is 18.9 Å². The van der Waals surface area contributed by atoms with Crippen LogP contribution in [-0.4, -0.2) is 50.5 Å². The van der Waals surface area contributed by atoms with Gasteiger partial charge in [-0.15, -0.1) is 0 Å². The van der Waals surface area contributed by atoms with Gasteiger partial charge in [0.25, 0.3) is 0 Å². The lowest BCUT2D eigenvalue weighted by Gasteiger charge is -2.17. The van der Waals surface area contributed by atoms with Crippen LogP contribution in [0, 0.1) is 0 Å². The molecule has 0 aliphatic heterocycles. The number of hydrogen-bond acceptors (Lipinski definition) is 3. The van der Waals surface area contributed by atoms with Crippen LogP contribution < -0.4 is 5.73 Å². The maximum atomic E-state index is 11.7.